The Balaban J connectivity index is 2.06. The van der Waals surface area contributed by atoms with Crippen LogP contribution in [0.5, 0.6) is 0 Å². The summed E-state index contributed by atoms with van der Waals surface area (Å²) in [7, 11) is 0. The number of carbonyl (C=O) groups excluding carboxylic acids is 1. The molecule has 1 saturated heterocycles. The standard InChI is InChI=1S/C14H18N4OS/c1-7-4-5-18(6-7)14(19)12-11(15)10-8(2)9(3)16-17-13(10)20-12/h7H,4-6,15H2,1-3H3/t7-/m0/s1. The lowest BCUT2D eigenvalue weighted by Crippen LogP contribution is -2.28. The molecule has 20 heavy (non-hydrogen) atoms. The summed E-state index contributed by atoms with van der Waals surface area (Å²) in [6.07, 6.45) is 1.06. The summed E-state index contributed by atoms with van der Waals surface area (Å²) in [5.41, 5.74) is 8.64. The quantitative estimate of drug-likeness (QED) is 0.875. The molecule has 1 aliphatic rings. The molecule has 2 aromatic rings. The van der Waals surface area contributed by atoms with E-state index in [1.54, 1.807) is 0 Å². The van der Waals surface area contributed by atoms with E-state index >= 15 is 0 Å². The molecule has 1 fully saturated rings. The predicted octanol–water partition coefficient (Wildman–Crippen LogP) is 2.37. The fraction of sp³-hybridized carbons (Fsp3) is 0.500. The topological polar surface area (TPSA) is 72.1 Å². The van der Waals surface area contributed by atoms with Gasteiger partial charge in [0.05, 0.1) is 11.4 Å². The first-order chi connectivity index (χ1) is 9.49. The van der Waals surface area contributed by atoms with E-state index in [9.17, 15) is 4.79 Å². The summed E-state index contributed by atoms with van der Waals surface area (Å²) in [6, 6.07) is 0. The summed E-state index contributed by atoms with van der Waals surface area (Å²) in [5, 5.41) is 9.16. The first-order valence-electron chi connectivity index (χ1n) is 6.80. The van der Waals surface area contributed by atoms with E-state index in [0.717, 1.165) is 41.0 Å². The van der Waals surface area contributed by atoms with Crippen molar-refractivity contribution in [3.63, 3.8) is 0 Å². The van der Waals surface area contributed by atoms with Crippen LogP contribution in [0.3, 0.4) is 0 Å². The number of likely N-dealkylation sites (tertiary alicyclic amines) is 1. The molecule has 0 unspecified atom stereocenters. The molecule has 2 aromatic heterocycles. The van der Waals surface area contributed by atoms with Gasteiger partial charge in [-0.15, -0.1) is 16.4 Å². The fourth-order valence-corrected chi connectivity index (χ4v) is 3.73. The highest BCUT2D eigenvalue weighted by Crippen LogP contribution is 2.36. The highest BCUT2D eigenvalue weighted by atomic mass is 32.1. The van der Waals surface area contributed by atoms with Gasteiger partial charge in [0.25, 0.3) is 5.91 Å². The van der Waals surface area contributed by atoms with Crippen molar-refractivity contribution in [2.45, 2.75) is 27.2 Å². The first-order valence-corrected chi connectivity index (χ1v) is 7.61. The predicted molar refractivity (Wildman–Crippen MR) is 81.0 cm³/mol. The molecule has 3 rings (SSSR count). The first kappa shape index (κ1) is 13.3. The summed E-state index contributed by atoms with van der Waals surface area (Å²) in [6.45, 7) is 7.68. The Kier molecular flexibility index (Phi) is 3.12. The van der Waals surface area contributed by atoms with Gasteiger partial charge in [0.2, 0.25) is 0 Å². The molecule has 5 nitrogen and oxygen atoms in total. The van der Waals surface area contributed by atoms with Crippen molar-refractivity contribution in [3.8, 4) is 0 Å². The van der Waals surface area contributed by atoms with E-state index in [1.807, 2.05) is 18.7 Å². The van der Waals surface area contributed by atoms with Crippen molar-refractivity contribution in [3.05, 3.63) is 16.1 Å². The van der Waals surface area contributed by atoms with Crippen molar-refractivity contribution >= 4 is 33.1 Å². The Morgan fingerprint density at radius 3 is 2.80 bits per heavy atom. The third kappa shape index (κ3) is 1.95. The maximum Gasteiger partial charge on any atom is 0.266 e. The second-order valence-electron chi connectivity index (χ2n) is 5.58. The Hall–Kier alpha value is -1.69. The number of rotatable bonds is 1. The summed E-state index contributed by atoms with van der Waals surface area (Å²) in [5.74, 6) is 0.602. The summed E-state index contributed by atoms with van der Waals surface area (Å²) >= 11 is 1.35. The van der Waals surface area contributed by atoms with E-state index in [-0.39, 0.29) is 5.91 Å². The molecule has 0 spiro atoms. The number of fused-ring (bicyclic) bond motifs is 1. The van der Waals surface area contributed by atoms with Crippen LogP contribution in [-0.2, 0) is 0 Å². The molecule has 1 aliphatic heterocycles. The second kappa shape index (κ2) is 4.70. The van der Waals surface area contributed by atoms with Crippen LogP contribution in [0.15, 0.2) is 0 Å². The van der Waals surface area contributed by atoms with Gasteiger partial charge in [-0.3, -0.25) is 4.79 Å². The van der Waals surface area contributed by atoms with E-state index in [4.69, 9.17) is 5.73 Å². The van der Waals surface area contributed by atoms with Crippen LogP contribution in [0.2, 0.25) is 0 Å². The van der Waals surface area contributed by atoms with Crippen LogP contribution in [0.1, 0.15) is 34.3 Å². The zero-order valence-corrected chi connectivity index (χ0v) is 12.8. The van der Waals surface area contributed by atoms with Gasteiger partial charge < -0.3 is 10.6 Å². The third-order valence-electron chi connectivity index (χ3n) is 4.04. The molecule has 106 valence electrons. The molecule has 0 aromatic carbocycles. The van der Waals surface area contributed by atoms with Crippen LogP contribution >= 0.6 is 11.3 Å². The van der Waals surface area contributed by atoms with Crippen molar-refractivity contribution in [1.29, 1.82) is 0 Å². The maximum absolute atomic E-state index is 12.6. The number of hydrogen-bond acceptors (Lipinski definition) is 5. The average molecular weight is 290 g/mol. The number of nitrogen functional groups attached to an aromatic ring is 1. The molecule has 0 saturated carbocycles. The lowest BCUT2D eigenvalue weighted by atomic mass is 10.1. The molecule has 1 atom stereocenters. The Morgan fingerprint density at radius 1 is 1.40 bits per heavy atom. The van der Waals surface area contributed by atoms with Gasteiger partial charge in [0.15, 0.2) is 0 Å². The summed E-state index contributed by atoms with van der Waals surface area (Å²) in [4.78, 5) is 15.8. The fourth-order valence-electron chi connectivity index (χ4n) is 2.66. The van der Waals surface area contributed by atoms with Gasteiger partial charge in [-0.1, -0.05) is 6.92 Å². The zero-order valence-electron chi connectivity index (χ0n) is 11.9. The Bertz CT molecular complexity index is 694. The number of aryl methyl sites for hydroxylation is 2. The normalized spacial score (nSPS) is 18.9. The minimum absolute atomic E-state index is 0.0342. The summed E-state index contributed by atoms with van der Waals surface area (Å²) < 4.78 is 0. The molecule has 0 aliphatic carbocycles. The van der Waals surface area contributed by atoms with Gasteiger partial charge in [-0.2, -0.15) is 5.10 Å². The lowest BCUT2D eigenvalue weighted by Gasteiger charge is -2.15. The number of anilines is 1. The van der Waals surface area contributed by atoms with Gasteiger partial charge in [-0.25, -0.2) is 0 Å². The van der Waals surface area contributed by atoms with E-state index in [1.165, 1.54) is 11.3 Å². The number of aromatic nitrogens is 2. The highest BCUT2D eigenvalue weighted by Gasteiger charge is 2.28. The third-order valence-corrected chi connectivity index (χ3v) is 5.12. The molecule has 6 heteroatoms. The number of nitrogens with zero attached hydrogens (tertiary/aromatic N) is 3. The Labute approximate surface area is 121 Å². The maximum atomic E-state index is 12.6. The van der Waals surface area contributed by atoms with Gasteiger partial charge in [-0.05, 0) is 31.7 Å². The second-order valence-corrected chi connectivity index (χ2v) is 6.58. The van der Waals surface area contributed by atoms with Crippen molar-refractivity contribution < 1.29 is 4.79 Å². The number of nitrogens with two attached hydrogens (primary N) is 1. The number of amides is 1. The van der Waals surface area contributed by atoms with Gasteiger partial charge >= 0.3 is 0 Å². The number of carbonyl (C=O) groups is 1. The van der Waals surface area contributed by atoms with E-state index in [2.05, 4.69) is 17.1 Å². The molecule has 1 amide bonds. The largest absolute Gasteiger partial charge is 0.397 e. The SMILES string of the molecule is Cc1nnc2sc(C(=O)N3CC[C@H](C)C3)c(N)c2c1C. The zero-order chi connectivity index (χ0) is 14.4. The monoisotopic (exact) mass is 290 g/mol. The van der Waals surface area contributed by atoms with Crippen LogP contribution in [0.4, 0.5) is 5.69 Å². The smallest absolute Gasteiger partial charge is 0.266 e. The number of thiophene rings is 1. The number of hydrogen-bond donors (Lipinski definition) is 1. The van der Waals surface area contributed by atoms with Gasteiger partial charge in [0, 0.05) is 18.5 Å². The average Bonchev–Trinajstić information content (AvgIpc) is 2.98. The molecule has 3 heterocycles. The highest BCUT2D eigenvalue weighted by molar-refractivity contribution is 7.21. The minimum Gasteiger partial charge on any atom is -0.397 e. The van der Waals surface area contributed by atoms with Gasteiger partial charge in [0.1, 0.15) is 9.71 Å². The van der Waals surface area contributed by atoms with Crippen LogP contribution in [-0.4, -0.2) is 34.1 Å². The van der Waals surface area contributed by atoms with Crippen molar-refractivity contribution in [2.75, 3.05) is 18.8 Å². The molecule has 0 radical (unpaired) electrons. The molecule has 2 N–H and O–H groups in total. The van der Waals surface area contributed by atoms with Crippen molar-refractivity contribution in [1.82, 2.24) is 15.1 Å². The van der Waals surface area contributed by atoms with Crippen LogP contribution in [0.25, 0.3) is 10.2 Å². The van der Waals surface area contributed by atoms with E-state index in [0.29, 0.717) is 16.5 Å². The van der Waals surface area contributed by atoms with E-state index < -0.39 is 0 Å². The molecule has 0 bridgehead atoms. The minimum atomic E-state index is 0.0342. The van der Waals surface area contributed by atoms with Crippen molar-refractivity contribution in [2.24, 2.45) is 5.92 Å². The lowest BCUT2D eigenvalue weighted by molar-refractivity contribution is 0.0794. The Morgan fingerprint density at radius 2 is 2.15 bits per heavy atom. The molecular formula is C14H18N4OS. The van der Waals surface area contributed by atoms with Crippen LogP contribution in [0, 0.1) is 19.8 Å². The molecular weight excluding hydrogens is 272 g/mol. The van der Waals surface area contributed by atoms with Crippen LogP contribution < -0.4 is 5.73 Å².